The molecule has 0 radical (unpaired) electrons. The maximum absolute atomic E-state index is 13.5. The number of nitrogens with zero attached hydrogens (tertiary/aromatic N) is 1. The molecule has 2 fully saturated rings. The van der Waals surface area contributed by atoms with Crippen molar-refractivity contribution in [1.82, 2.24) is 0 Å². The van der Waals surface area contributed by atoms with Gasteiger partial charge < -0.3 is 15.0 Å². The molecule has 4 rings (SSSR count). The highest BCUT2D eigenvalue weighted by molar-refractivity contribution is 7.93. The third kappa shape index (κ3) is 5.17. The summed E-state index contributed by atoms with van der Waals surface area (Å²) in [6.45, 7) is 5.28. The molecule has 0 unspecified atom stereocenters. The molecule has 2 N–H and O–H groups in total. The molecule has 2 aliphatic rings. The molecule has 184 valence electrons. The molecular weight excluding hydrogens is 450 g/mol. The summed E-state index contributed by atoms with van der Waals surface area (Å²) in [4.78, 5) is 14.9. The van der Waals surface area contributed by atoms with E-state index >= 15 is 0 Å². The average Bonchev–Trinajstić information content (AvgIpc) is 3.44. The van der Waals surface area contributed by atoms with Gasteiger partial charge >= 0.3 is 0 Å². The largest absolute Gasteiger partial charge is 0.495 e. The van der Waals surface area contributed by atoms with Crippen molar-refractivity contribution in [1.29, 1.82) is 0 Å². The first-order chi connectivity index (χ1) is 16.3. The standard InChI is InChI=1S/C26H35N3O4S/c1-4-29(5-2)23-13-12-21(27-26(30)16-20-15-18-10-11-19(20)14-18)17-25(23)34(31,32)28-22-8-6-7-9-24(22)33-3/h6-9,12-13,17-20,28H,4-5,10-11,14-16H2,1-3H3,(H,27,30)/t18-,19+,20+/m0/s1. The number of fused-ring (bicyclic) bond motifs is 2. The molecule has 8 heteroatoms. The second-order valence-electron chi connectivity index (χ2n) is 9.35. The van der Waals surface area contributed by atoms with Gasteiger partial charge in [0.15, 0.2) is 0 Å². The van der Waals surface area contributed by atoms with Crippen molar-refractivity contribution in [3.63, 3.8) is 0 Å². The Hall–Kier alpha value is -2.74. The molecular formula is C26H35N3O4S. The quantitative estimate of drug-likeness (QED) is 0.488. The molecule has 7 nitrogen and oxygen atoms in total. The average molecular weight is 486 g/mol. The molecule has 0 aliphatic heterocycles. The Kier molecular flexibility index (Phi) is 7.36. The fourth-order valence-corrected chi connectivity index (χ4v) is 6.96. The third-order valence-corrected chi connectivity index (χ3v) is 8.72. The number of nitrogens with one attached hydrogen (secondary N) is 2. The molecule has 2 aromatic rings. The van der Waals surface area contributed by atoms with Crippen LogP contribution in [0.4, 0.5) is 17.1 Å². The van der Waals surface area contributed by atoms with Gasteiger partial charge in [0.05, 0.1) is 18.5 Å². The smallest absolute Gasteiger partial charge is 0.264 e. The number of methoxy groups -OCH3 is 1. The van der Waals surface area contributed by atoms with Crippen molar-refractivity contribution in [3.05, 3.63) is 42.5 Å². The minimum Gasteiger partial charge on any atom is -0.495 e. The van der Waals surface area contributed by atoms with Gasteiger partial charge in [-0.05, 0) is 81.2 Å². The Balaban J connectivity index is 1.59. The molecule has 34 heavy (non-hydrogen) atoms. The van der Waals surface area contributed by atoms with E-state index in [1.165, 1.54) is 26.4 Å². The fourth-order valence-electron chi connectivity index (χ4n) is 5.64. The first kappa shape index (κ1) is 24.4. The third-order valence-electron chi connectivity index (χ3n) is 7.32. The molecule has 2 aromatic carbocycles. The lowest BCUT2D eigenvalue weighted by Gasteiger charge is -2.25. The van der Waals surface area contributed by atoms with E-state index < -0.39 is 10.0 Å². The van der Waals surface area contributed by atoms with E-state index in [0.717, 1.165) is 12.3 Å². The van der Waals surface area contributed by atoms with E-state index in [2.05, 4.69) is 10.0 Å². The van der Waals surface area contributed by atoms with E-state index in [9.17, 15) is 13.2 Å². The highest BCUT2D eigenvalue weighted by atomic mass is 32.2. The lowest BCUT2D eigenvalue weighted by molar-refractivity contribution is -0.117. The Bertz CT molecular complexity index is 1130. The monoisotopic (exact) mass is 485 g/mol. The second kappa shape index (κ2) is 10.3. The zero-order valence-corrected chi connectivity index (χ0v) is 21.0. The van der Waals surface area contributed by atoms with Crippen molar-refractivity contribution < 1.29 is 17.9 Å². The van der Waals surface area contributed by atoms with Gasteiger partial charge in [-0.1, -0.05) is 18.6 Å². The van der Waals surface area contributed by atoms with Crippen LogP contribution in [0.5, 0.6) is 5.75 Å². The van der Waals surface area contributed by atoms with Gasteiger partial charge in [0.2, 0.25) is 5.91 Å². The van der Waals surface area contributed by atoms with Gasteiger partial charge in [-0.25, -0.2) is 8.42 Å². The van der Waals surface area contributed by atoms with Crippen molar-refractivity contribution >= 4 is 33.0 Å². The Morgan fingerprint density at radius 3 is 2.50 bits per heavy atom. The maximum atomic E-state index is 13.5. The summed E-state index contributed by atoms with van der Waals surface area (Å²) in [5.74, 6) is 2.29. The predicted molar refractivity (Wildman–Crippen MR) is 136 cm³/mol. The summed E-state index contributed by atoms with van der Waals surface area (Å²) in [7, 11) is -2.45. The first-order valence-electron chi connectivity index (χ1n) is 12.2. The summed E-state index contributed by atoms with van der Waals surface area (Å²) in [6, 6.07) is 12.0. The van der Waals surface area contributed by atoms with Crippen LogP contribution in [0.2, 0.25) is 0 Å². The Labute approximate surface area is 202 Å². The van der Waals surface area contributed by atoms with Crippen LogP contribution < -0.4 is 19.7 Å². The van der Waals surface area contributed by atoms with Gasteiger partial charge in [-0.15, -0.1) is 0 Å². The molecule has 3 atom stereocenters. The molecule has 0 aromatic heterocycles. The number of amides is 1. The molecule has 0 saturated heterocycles. The Morgan fingerprint density at radius 1 is 1.09 bits per heavy atom. The van der Waals surface area contributed by atoms with Crippen molar-refractivity contribution in [2.75, 3.05) is 35.1 Å². The summed E-state index contributed by atoms with van der Waals surface area (Å²) in [5, 5.41) is 2.96. The van der Waals surface area contributed by atoms with Crippen LogP contribution in [0, 0.1) is 17.8 Å². The molecule has 1 amide bonds. The van der Waals surface area contributed by atoms with Gasteiger partial charge in [0.1, 0.15) is 10.6 Å². The van der Waals surface area contributed by atoms with E-state index in [1.54, 1.807) is 42.5 Å². The van der Waals surface area contributed by atoms with E-state index in [4.69, 9.17) is 4.74 Å². The number of ether oxygens (including phenoxy) is 1. The zero-order chi connectivity index (χ0) is 24.3. The molecule has 2 saturated carbocycles. The van der Waals surface area contributed by atoms with Gasteiger partial charge in [0, 0.05) is 25.2 Å². The minimum absolute atomic E-state index is 0.0471. The molecule has 2 aliphatic carbocycles. The van der Waals surface area contributed by atoms with Crippen LogP contribution in [0.25, 0.3) is 0 Å². The number of anilines is 3. The van der Waals surface area contributed by atoms with Crippen LogP contribution in [-0.2, 0) is 14.8 Å². The lowest BCUT2D eigenvalue weighted by Crippen LogP contribution is -2.26. The molecule has 2 bridgehead atoms. The number of benzene rings is 2. The number of sulfonamides is 1. The molecule has 0 heterocycles. The van der Waals surface area contributed by atoms with E-state index in [-0.39, 0.29) is 10.8 Å². The zero-order valence-electron chi connectivity index (χ0n) is 20.2. The predicted octanol–water partition coefficient (Wildman–Crippen LogP) is 5.11. The van der Waals surface area contributed by atoms with Crippen molar-refractivity contribution in [2.24, 2.45) is 17.8 Å². The number of carbonyl (C=O) groups excluding carboxylic acids is 1. The van der Waals surface area contributed by atoms with Crippen molar-refractivity contribution in [2.45, 2.75) is 50.8 Å². The van der Waals surface area contributed by atoms with E-state index in [0.29, 0.717) is 54.2 Å². The van der Waals surface area contributed by atoms with Crippen LogP contribution in [0.15, 0.2) is 47.4 Å². The van der Waals surface area contributed by atoms with Crippen LogP contribution in [-0.4, -0.2) is 34.5 Å². The number of carbonyl (C=O) groups is 1. The summed E-state index contributed by atoms with van der Waals surface area (Å²) in [6.07, 6.45) is 5.43. The summed E-state index contributed by atoms with van der Waals surface area (Å²) >= 11 is 0. The van der Waals surface area contributed by atoms with Gasteiger partial charge in [-0.2, -0.15) is 0 Å². The van der Waals surface area contributed by atoms with Crippen LogP contribution in [0.3, 0.4) is 0 Å². The summed E-state index contributed by atoms with van der Waals surface area (Å²) in [5.41, 5.74) is 1.45. The van der Waals surface area contributed by atoms with Gasteiger partial charge in [0.25, 0.3) is 10.0 Å². The second-order valence-corrected chi connectivity index (χ2v) is 11.0. The topological polar surface area (TPSA) is 87.7 Å². The minimum atomic E-state index is -3.95. The maximum Gasteiger partial charge on any atom is 0.264 e. The summed E-state index contributed by atoms with van der Waals surface area (Å²) < 4.78 is 35.0. The number of hydrogen-bond donors (Lipinski definition) is 2. The van der Waals surface area contributed by atoms with E-state index in [1.807, 2.05) is 18.7 Å². The lowest BCUT2D eigenvalue weighted by atomic mass is 9.86. The van der Waals surface area contributed by atoms with Crippen LogP contribution in [0.1, 0.15) is 46.0 Å². The highest BCUT2D eigenvalue weighted by Crippen LogP contribution is 2.49. The van der Waals surface area contributed by atoms with Crippen LogP contribution >= 0.6 is 0 Å². The van der Waals surface area contributed by atoms with Gasteiger partial charge in [-0.3, -0.25) is 9.52 Å². The Morgan fingerprint density at radius 2 is 1.85 bits per heavy atom. The fraction of sp³-hybridized carbons (Fsp3) is 0.500. The first-order valence-corrected chi connectivity index (χ1v) is 13.7. The number of hydrogen-bond acceptors (Lipinski definition) is 5. The normalized spacial score (nSPS) is 21.3. The number of para-hydroxylation sites is 2. The highest BCUT2D eigenvalue weighted by Gasteiger charge is 2.40. The number of rotatable bonds is 10. The van der Waals surface area contributed by atoms with Crippen molar-refractivity contribution in [3.8, 4) is 5.75 Å². The SMILES string of the molecule is CCN(CC)c1ccc(NC(=O)C[C@H]2C[C@H]3CC[C@@H]2C3)cc1S(=O)(=O)Nc1ccccc1OC. The molecule has 0 spiro atoms.